The van der Waals surface area contributed by atoms with Crippen LogP contribution in [0, 0.1) is 0 Å². The van der Waals surface area contributed by atoms with E-state index in [0.29, 0.717) is 5.02 Å². The number of nitrogens with zero attached hydrogens (tertiary/aromatic N) is 2. The van der Waals surface area contributed by atoms with Crippen molar-refractivity contribution in [2.45, 2.75) is 6.92 Å². The molecule has 0 saturated heterocycles. The van der Waals surface area contributed by atoms with Crippen molar-refractivity contribution in [2.75, 3.05) is 12.5 Å². The Morgan fingerprint density at radius 1 is 1.23 bits per heavy atom. The molecule has 0 amide bonds. The Hall–Kier alpha value is -2.11. The Balaban J connectivity index is 1.78. The molecule has 3 rings (SSSR count). The van der Waals surface area contributed by atoms with E-state index < -0.39 is 0 Å². The summed E-state index contributed by atoms with van der Waals surface area (Å²) in [6, 6.07) is 13.4. The molecule has 2 aromatic carbocycles. The molecule has 0 bridgehead atoms. The fraction of sp³-hybridized carbons (Fsp3) is 0.125. The Bertz CT molecular complexity index is 827. The summed E-state index contributed by atoms with van der Waals surface area (Å²) in [6.45, 7) is 1.94. The van der Waals surface area contributed by atoms with Gasteiger partial charge in [0.1, 0.15) is 5.75 Å². The second-order valence-electron chi connectivity index (χ2n) is 4.67. The fourth-order valence-electron chi connectivity index (χ4n) is 1.97. The molecule has 112 valence electrons. The maximum absolute atomic E-state index is 5.98. The van der Waals surface area contributed by atoms with Crippen molar-refractivity contribution < 1.29 is 4.74 Å². The minimum absolute atomic E-state index is 0.709. The second kappa shape index (κ2) is 6.34. The van der Waals surface area contributed by atoms with Crippen LogP contribution < -0.4 is 10.2 Å². The van der Waals surface area contributed by atoms with Gasteiger partial charge in [-0.05, 0) is 55.0 Å². The largest absolute Gasteiger partial charge is 0.497 e. The highest BCUT2D eigenvalue weighted by atomic mass is 35.5. The number of methoxy groups -OCH3 is 1. The Morgan fingerprint density at radius 3 is 2.73 bits per heavy atom. The van der Waals surface area contributed by atoms with Crippen molar-refractivity contribution in [3.8, 4) is 5.75 Å². The normalized spacial score (nSPS) is 11.7. The molecule has 0 saturated carbocycles. The lowest BCUT2D eigenvalue weighted by atomic mass is 10.1. The van der Waals surface area contributed by atoms with Gasteiger partial charge in [-0.25, -0.2) is 4.98 Å². The molecule has 3 aromatic rings. The summed E-state index contributed by atoms with van der Waals surface area (Å²) < 4.78 is 6.18. The van der Waals surface area contributed by atoms with Gasteiger partial charge in [0.05, 0.1) is 23.0 Å². The van der Waals surface area contributed by atoms with Crippen molar-refractivity contribution >= 4 is 44.0 Å². The third-order valence-electron chi connectivity index (χ3n) is 3.18. The topological polar surface area (TPSA) is 46.5 Å². The molecule has 1 N–H and O–H groups in total. The summed E-state index contributed by atoms with van der Waals surface area (Å²) in [5, 5.41) is 5.83. The van der Waals surface area contributed by atoms with E-state index in [9.17, 15) is 0 Å². The molecule has 1 aromatic heterocycles. The standard InChI is InChI=1S/C16H14ClN3OS/c1-10(11-3-6-13(21-2)7-4-11)19-20-16-18-14-8-5-12(17)9-15(14)22-16/h3-9H,1-2H3,(H,18,20)/b19-10+. The number of thiazole rings is 1. The van der Waals surface area contributed by atoms with E-state index >= 15 is 0 Å². The lowest BCUT2D eigenvalue weighted by Gasteiger charge is -2.03. The Morgan fingerprint density at radius 2 is 2.00 bits per heavy atom. The highest BCUT2D eigenvalue weighted by Gasteiger charge is 2.04. The van der Waals surface area contributed by atoms with Crippen LogP contribution in [0.4, 0.5) is 5.13 Å². The number of fused-ring (bicyclic) bond motifs is 1. The summed E-state index contributed by atoms with van der Waals surface area (Å²) in [5.41, 5.74) is 5.81. The van der Waals surface area contributed by atoms with Gasteiger partial charge in [0.15, 0.2) is 0 Å². The third kappa shape index (κ3) is 3.21. The molecule has 0 atom stereocenters. The predicted molar refractivity (Wildman–Crippen MR) is 93.5 cm³/mol. The molecule has 0 fully saturated rings. The minimum atomic E-state index is 0.709. The van der Waals surface area contributed by atoms with Crippen LogP contribution in [0.15, 0.2) is 47.6 Å². The molecule has 0 aliphatic carbocycles. The van der Waals surface area contributed by atoms with Gasteiger partial charge >= 0.3 is 0 Å². The van der Waals surface area contributed by atoms with Crippen LogP contribution in [-0.2, 0) is 0 Å². The Kier molecular flexibility index (Phi) is 4.27. The average Bonchev–Trinajstić information content (AvgIpc) is 2.94. The molecule has 6 heteroatoms. The van der Waals surface area contributed by atoms with Crippen LogP contribution in [0.1, 0.15) is 12.5 Å². The number of benzene rings is 2. The Labute approximate surface area is 137 Å². The van der Waals surface area contributed by atoms with Crippen molar-refractivity contribution in [1.29, 1.82) is 0 Å². The van der Waals surface area contributed by atoms with Gasteiger partial charge in [-0.15, -0.1) is 0 Å². The molecular weight excluding hydrogens is 318 g/mol. The first-order chi connectivity index (χ1) is 10.7. The number of aromatic nitrogens is 1. The zero-order valence-corrected chi connectivity index (χ0v) is 13.7. The lowest BCUT2D eigenvalue weighted by Crippen LogP contribution is -1.99. The molecule has 0 unspecified atom stereocenters. The fourth-order valence-corrected chi connectivity index (χ4v) is 3.06. The smallest absolute Gasteiger partial charge is 0.204 e. The number of ether oxygens (including phenoxy) is 1. The molecular formula is C16H14ClN3OS. The first-order valence-corrected chi connectivity index (χ1v) is 7.86. The van der Waals surface area contributed by atoms with E-state index in [1.54, 1.807) is 7.11 Å². The summed E-state index contributed by atoms with van der Waals surface area (Å²) >= 11 is 7.50. The molecule has 0 radical (unpaired) electrons. The first kappa shape index (κ1) is 14.8. The van der Waals surface area contributed by atoms with E-state index in [2.05, 4.69) is 15.5 Å². The van der Waals surface area contributed by atoms with Crippen LogP contribution in [0.3, 0.4) is 0 Å². The highest BCUT2D eigenvalue weighted by Crippen LogP contribution is 2.28. The third-order valence-corrected chi connectivity index (χ3v) is 4.34. The van der Waals surface area contributed by atoms with Crippen LogP contribution in [-0.4, -0.2) is 17.8 Å². The summed E-state index contributed by atoms with van der Waals surface area (Å²) in [7, 11) is 1.65. The van der Waals surface area contributed by atoms with E-state index in [-0.39, 0.29) is 0 Å². The van der Waals surface area contributed by atoms with Gasteiger partial charge in [-0.3, -0.25) is 5.43 Å². The molecule has 1 heterocycles. The number of nitrogens with one attached hydrogen (secondary N) is 1. The van der Waals surface area contributed by atoms with Gasteiger partial charge in [0.2, 0.25) is 5.13 Å². The van der Waals surface area contributed by atoms with Crippen LogP contribution in [0.25, 0.3) is 10.2 Å². The number of rotatable bonds is 4. The van der Waals surface area contributed by atoms with E-state index in [1.807, 2.05) is 49.4 Å². The van der Waals surface area contributed by atoms with Crippen LogP contribution in [0.2, 0.25) is 5.02 Å². The molecule has 22 heavy (non-hydrogen) atoms. The second-order valence-corrected chi connectivity index (χ2v) is 6.14. The monoisotopic (exact) mass is 331 g/mol. The number of anilines is 1. The number of hydrogen-bond acceptors (Lipinski definition) is 5. The van der Waals surface area contributed by atoms with Crippen molar-refractivity contribution in [3.05, 3.63) is 53.1 Å². The number of halogens is 1. The van der Waals surface area contributed by atoms with Crippen molar-refractivity contribution in [2.24, 2.45) is 5.10 Å². The van der Waals surface area contributed by atoms with Crippen molar-refractivity contribution in [3.63, 3.8) is 0 Å². The van der Waals surface area contributed by atoms with Gasteiger partial charge < -0.3 is 4.74 Å². The first-order valence-electron chi connectivity index (χ1n) is 6.66. The molecule has 0 aliphatic rings. The number of hydrazone groups is 1. The van der Waals surface area contributed by atoms with E-state index in [0.717, 1.165) is 32.4 Å². The quantitative estimate of drug-likeness (QED) is 0.552. The van der Waals surface area contributed by atoms with Crippen LogP contribution in [0.5, 0.6) is 5.75 Å². The van der Waals surface area contributed by atoms with Gasteiger partial charge in [0.25, 0.3) is 0 Å². The van der Waals surface area contributed by atoms with Crippen LogP contribution >= 0.6 is 22.9 Å². The van der Waals surface area contributed by atoms with E-state index in [1.165, 1.54) is 11.3 Å². The molecule has 0 aliphatic heterocycles. The van der Waals surface area contributed by atoms with Gasteiger partial charge in [-0.1, -0.05) is 22.9 Å². The van der Waals surface area contributed by atoms with Crippen molar-refractivity contribution in [1.82, 2.24) is 4.98 Å². The minimum Gasteiger partial charge on any atom is -0.497 e. The maximum Gasteiger partial charge on any atom is 0.204 e. The van der Waals surface area contributed by atoms with Gasteiger partial charge in [-0.2, -0.15) is 5.10 Å². The zero-order chi connectivity index (χ0) is 15.5. The highest BCUT2D eigenvalue weighted by molar-refractivity contribution is 7.22. The average molecular weight is 332 g/mol. The molecule has 4 nitrogen and oxygen atoms in total. The SMILES string of the molecule is COc1ccc(/C(C)=N/Nc2nc3ccc(Cl)cc3s2)cc1. The summed E-state index contributed by atoms with van der Waals surface area (Å²) in [5.74, 6) is 0.826. The van der Waals surface area contributed by atoms with E-state index in [4.69, 9.17) is 16.3 Å². The zero-order valence-electron chi connectivity index (χ0n) is 12.1. The predicted octanol–water partition coefficient (Wildman–Crippen LogP) is 4.79. The summed E-state index contributed by atoms with van der Waals surface area (Å²) in [4.78, 5) is 4.47. The lowest BCUT2D eigenvalue weighted by molar-refractivity contribution is 0.415. The van der Waals surface area contributed by atoms with Gasteiger partial charge in [0, 0.05) is 5.02 Å². The summed E-state index contributed by atoms with van der Waals surface area (Å²) in [6.07, 6.45) is 0. The maximum atomic E-state index is 5.98. The molecule has 0 spiro atoms. The number of hydrogen-bond donors (Lipinski definition) is 1.